The lowest BCUT2D eigenvalue weighted by Crippen LogP contribution is -2.33. The summed E-state index contributed by atoms with van der Waals surface area (Å²) in [7, 11) is 0. The van der Waals surface area contributed by atoms with Crippen LogP contribution < -0.4 is 0 Å². The number of hydrogen-bond acceptors (Lipinski definition) is 5. The summed E-state index contributed by atoms with van der Waals surface area (Å²) in [4.78, 5) is 11.7. The predicted octanol–water partition coefficient (Wildman–Crippen LogP) is 5.15. The van der Waals surface area contributed by atoms with E-state index in [1.54, 1.807) is 0 Å². The Kier molecular flexibility index (Phi) is 12.0. The molecule has 0 aromatic heterocycles. The van der Waals surface area contributed by atoms with Crippen molar-refractivity contribution in [2.75, 3.05) is 20.0 Å². The molecule has 2 atom stereocenters. The van der Waals surface area contributed by atoms with Gasteiger partial charge in [-0.25, -0.2) is 0 Å². The van der Waals surface area contributed by atoms with Crippen molar-refractivity contribution < 1.29 is 23.7 Å². The molecule has 2 aliphatic heterocycles. The van der Waals surface area contributed by atoms with Crippen LogP contribution in [-0.4, -0.2) is 44.3 Å². The Bertz CT molecular complexity index is 381. The lowest BCUT2D eigenvalue weighted by molar-refractivity contribution is -0.183. The van der Waals surface area contributed by atoms with Gasteiger partial charge in [0.1, 0.15) is 12.9 Å². The summed E-state index contributed by atoms with van der Waals surface area (Å²) in [5, 5.41) is 0. The molecule has 0 aromatic rings. The van der Waals surface area contributed by atoms with Crippen molar-refractivity contribution in [1.29, 1.82) is 0 Å². The molecule has 0 aliphatic carbocycles. The van der Waals surface area contributed by atoms with Gasteiger partial charge in [0, 0.05) is 6.42 Å². The highest BCUT2D eigenvalue weighted by atomic mass is 16.7. The van der Waals surface area contributed by atoms with Crippen LogP contribution >= 0.6 is 0 Å². The van der Waals surface area contributed by atoms with Gasteiger partial charge in [-0.2, -0.15) is 0 Å². The molecule has 2 unspecified atom stereocenters. The fraction of sp³-hybridized carbons (Fsp3) is 0.955. The van der Waals surface area contributed by atoms with Gasteiger partial charge in [-0.15, -0.1) is 0 Å². The molecule has 27 heavy (non-hydrogen) atoms. The summed E-state index contributed by atoms with van der Waals surface area (Å²) in [5.41, 5.74) is 0. The second-order valence-corrected chi connectivity index (χ2v) is 8.05. The van der Waals surface area contributed by atoms with Gasteiger partial charge in [0.25, 0.3) is 0 Å². The van der Waals surface area contributed by atoms with Crippen LogP contribution in [0.1, 0.15) is 96.8 Å². The Hall–Kier alpha value is -0.650. The molecule has 0 spiro atoms. The first-order valence-electron chi connectivity index (χ1n) is 11.3. The van der Waals surface area contributed by atoms with E-state index < -0.39 is 0 Å². The molecule has 0 bridgehead atoms. The van der Waals surface area contributed by atoms with Gasteiger partial charge >= 0.3 is 5.97 Å². The molecule has 5 heteroatoms. The molecular weight excluding hydrogens is 344 g/mol. The number of esters is 1. The van der Waals surface area contributed by atoms with Crippen LogP contribution in [0.3, 0.4) is 0 Å². The maximum Gasteiger partial charge on any atom is 0.306 e. The predicted molar refractivity (Wildman–Crippen MR) is 106 cm³/mol. The molecule has 5 nitrogen and oxygen atoms in total. The minimum Gasteiger partial charge on any atom is -0.457 e. The first kappa shape index (κ1) is 22.6. The van der Waals surface area contributed by atoms with E-state index in [-0.39, 0.29) is 12.1 Å². The van der Waals surface area contributed by atoms with Gasteiger partial charge in [0.05, 0.1) is 25.4 Å². The third-order valence-electron chi connectivity index (χ3n) is 5.47. The monoisotopic (exact) mass is 384 g/mol. The zero-order chi connectivity index (χ0) is 19.2. The van der Waals surface area contributed by atoms with E-state index in [1.165, 1.54) is 70.6 Å². The summed E-state index contributed by atoms with van der Waals surface area (Å²) in [5.74, 6) is -0.127. The topological polar surface area (TPSA) is 57.3 Å². The summed E-state index contributed by atoms with van der Waals surface area (Å²) in [6, 6.07) is 0. The Balaban J connectivity index is 1.31. The highest BCUT2D eigenvalue weighted by molar-refractivity contribution is 5.69. The number of ether oxygens (including phenoxy) is 4. The van der Waals surface area contributed by atoms with Crippen molar-refractivity contribution in [3.8, 4) is 0 Å². The first-order valence-corrected chi connectivity index (χ1v) is 11.3. The smallest absolute Gasteiger partial charge is 0.306 e. The number of carbonyl (C=O) groups is 1. The third kappa shape index (κ3) is 11.1. The number of unbranched alkanes of at least 4 members (excludes halogenated alkanes) is 9. The van der Waals surface area contributed by atoms with Crippen LogP contribution in [-0.2, 0) is 23.7 Å². The van der Waals surface area contributed by atoms with Gasteiger partial charge < -0.3 is 18.9 Å². The van der Waals surface area contributed by atoms with Gasteiger partial charge in [0.15, 0.2) is 0 Å². The van der Waals surface area contributed by atoms with Crippen molar-refractivity contribution in [3.05, 3.63) is 0 Å². The standard InChI is InChI=1S/C22H40O5/c1-2-3-4-5-7-10-13-20-21(27-20)14-11-8-6-9-12-15-22(23)26-19-16-24-18-25-17-19/h19-21H,2-18H2,1H3. The van der Waals surface area contributed by atoms with Crippen LogP contribution in [0.4, 0.5) is 0 Å². The lowest BCUT2D eigenvalue weighted by Gasteiger charge is -2.22. The summed E-state index contributed by atoms with van der Waals surface area (Å²) >= 11 is 0. The molecular formula is C22H40O5. The molecule has 0 N–H and O–H groups in total. The Labute approximate surface area is 165 Å². The molecule has 0 radical (unpaired) electrons. The highest BCUT2D eigenvalue weighted by Crippen LogP contribution is 2.31. The van der Waals surface area contributed by atoms with E-state index in [9.17, 15) is 4.79 Å². The second kappa shape index (κ2) is 14.4. The summed E-state index contributed by atoms with van der Waals surface area (Å²) in [6.07, 6.45) is 17.7. The maximum atomic E-state index is 11.7. The van der Waals surface area contributed by atoms with Crippen LogP contribution in [0.25, 0.3) is 0 Å². The van der Waals surface area contributed by atoms with Gasteiger partial charge in [-0.1, -0.05) is 71.1 Å². The Morgan fingerprint density at radius 2 is 1.37 bits per heavy atom. The molecule has 158 valence electrons. The summed E-state index contributed by atoms with van der Waals surface area (Å²) < 4.78 is 21.4. The van der Waals surface area contributed by atoms with Crippen molar-refractivity contribution in [2.45, 2.75) is 115 Å². The average Bonchev–Trinajstić information content (AvgIpc) is 3.43. The van der Waals surface area contributed by atoms with Gasteiger partial charge in [0.2, 0.25) is 0 Å². The average molecular weight is 385 g/mol. The number of epoxide rings is 1. The zero-order valence-electron chi connectivity index (χ0n) is 17.3. The third-order valence-corrected chi connectivity index (χ3v) is 5.47. The van der Waals surface area contributed by atoms with E-state index in [0.29, 0.717) is 38.6 Å². The number of rotatable bonds is 16. The molecule has 2 fully saturated rings. The molecule has 0 saturated carbocycles. The molecule has 2 heterocycles. The van der Waals surface area contributed by atoms with Crippen LogP contribution in [0.5, 0.6) is 0 Å². The Morgan fingerprint density at radius 1 is 0.815 bits per heavy atom. The van der Waals surface area contributed by atoms with Crippen molar-refractivity contribution >= 4 is 5.97 Å². The Morgan fingerprint density at radius 3 is 2.00 bits per heavy atom. The van der Waals surface area contributed by atoms with Crippen molar-refractivity contribution in [1.82, 2.24) is 0 Å². The van der Waals surface area contributed by atoms with E-state index in [4.69, 9.17) is 18.9 Å². The number of hydrogen-bond donors (Lipinski definition) is 0. The fourth-order valence-corrected chi connectivity index (χ4v) is 3.74. The molecule has 2 aliphatic rings. The van der Waals surface area contributed by atoms with E-state index in [2.05, 4.69) is 6.92 Å². The van der Waals surface area contributed by atoms with Crippen LogP contribution in [0.15, 0.2) is 0 Å². The van der Waals surface area contributed by atoms with Gasteiger partial charge in [-0.05, 0) is 19.3 Å². The summed E-state index contributed by atoms with van der Waals surface area (Å²) in [6.45, 7) is 3.48. The van der Waals surface area contributed by atoms with Crippen molar-refractivity contribution in [2.24, 2.45) is 0 Å². The second-order valence-electron chi connectivity index (χ2n) is 8.05. The first-order chi connectivity index (χ1) is 13.3. The molecule has 2 saturated heterocycles. The van der Waals surface area contributed by atoms with Crippen LogP contribution in [0, 0.1) is 0 Å². The maximum absolute atomic E-state index is 11.7. The van der Waals surface area contributed by atoms with E-state index in [0.717, 1.165) is 12.8 Å². The van der Waals surface area contributed by atoms with Crippen LogP contribution in [0.2, 0.25) is 0 Å². The van der Waals surface area contributed by atoms with Gasteiger partial charge in [-0.3, -0.25) is 4.79 Å². The molecule has 0 amide bonds. The van der Waals surface area contributed by atoms with E-state index >= 15 is 0 Å². The van der Waals surface area contributed by atoms with Crippen molar-refractivity contribution in [3.63, 3.8) is 0 Å². The fourth-order valence-electron chi connectivity index (χ4n) is 3.74. The molecule has 2 rings (SSSR count). The molecule has 0 aromatic carbocycles. The normalized spacial score (nSPS) is 22.7. The number of carbonyl (C=O) groups excluding carboxylic acids is 1. The SMILES string of the molecule is CCCCCCCCC1OC1CCCCCCCC(=O)OC1COCOC1. The minimum atomic E-state index is -0.228. The van der Waals surface area contributed by atoms with E-state index in [1.807, 2.05) is 0 Å². The lowest BCUT2D eigenvalue weighted by atomic mass is 10.0. The zero-order valence-corrected chi connectivity index (χ0v) is 17.3. The largest absolute Gasteiger partial charge is 0.457 e. The minimum absolute atomic E-state index is 0.127. The highest BCUT2D eigenvalue weighted by Gasteiger charge is 2.36. The quantitative estimate of drug-likeness (QED) is 0.209.